The van der Waals surface area contributed by atoms with Crippen LogP contribution in [-0.4, -0.2) is 62.1 Å². The minimum Gasteiger partial charge on any atom is -0.454 e. The van der Waals surface area contributed by atoms with Gasteiger partial charge in [-0.2, -0.15) is 14.4 Å². The van der Waals surface area contributed by atoms with E-state index < -0.39 is 6.08 Å². The van der Waals surface area contributed by atoms with E-state index in [2.05, 4.69) is 37.5 Å². The highest BCUT2D eigenvalue weighted by molar-refractivity contribution is 14.1. The molecular weight excluding hydrogens is 566 g/mol. The van der Waals surface area contributed by atoms with Crippen LogP contribution in [0.15, 0.2) is 12.1 Å². The second kappa shape index (κ2) is 10.8. The standard InChI is InChI=1S/C24H30FIN6O3/c25-24-29-22(27)21-23(30-24)32(8-4-7-31(9-10-33)16-5-2-1-3-6-16)20(28-21)12-15-11-18-19(13-17(15)26)35-14-34-18/h11,13,16,33H,1-10,12,14H2,(H2,27,29,30). The molecule has 5 rings (SSSR count). The summed E-state index contributed by atoms with van der Waals surface area (Å²) in [5, 5.41) is 9.60. The van der Waals surface area contributed by atoms with Crippen LogP contribution in [0.5, 0.6) is 11.5 Å². The maximum atomic E-state index is 14.1. The second-order valence-electron chi connectivity index (χ2n) is 9.11. The van der Waals surface area contributed by atoms with Crippen LogP contribution < -0.4 is 15.2 Å². The van der Waals surface area contributed by atoms with Crippen molar-refractivity contribution in [2.75, 3.05) is 32.2 Å². The number of nitrogens with two attached hydrogens (primary N) is 1. The molecule has 0 saturated heterocycles. The highest BCUT2D eigenvalue weighted by atomic mass is 127. The van der Waals surface area contributed by atoms with E-state index in [0.29, 0.717) is 42.5 Å². The maximum absolute atomic E-state index is 14.1. The average molecular weight is 596 g/mol. The lowest BCUT2D eigenvalue weighted by atomic mass is 9.94. The van der Waals surface area contributed by atoms with E-state index in [-0.39, 0.29) is 19.2 Å². The molecule has 0 radical (unpaired) electrons. The quantitative estimate of drug-likeness (QED) is 0.286. The number of aliphatic hydroxyl groups is 1. The number of nitrogen functional groups attached to an aromatic ring is 1. The third-order valence-electron chi connectivity index (χ3n) is 6.87. The number of aryl methyl sites for hydroxylation is 1. The number of aliphatic hydroxyl groups excluding tert-OH is 1. The predicted molar refractivity (Wildman–Crippen MR) is 138 cm³/mol. The number of nitrogens with zero attached hydrogens (tertiary/aromatic N) is 5. The fraction of sp³-hybridized carbons (Fsp3) is 0.542. The Bertz CT molecular complexity index is 1200. The van der Waals surface area contributed by atoms with Crippen molar-refractivity contribution in [1.82, 2.24) is 24.4 Å². The van der Waals surface area contributed by atoms with Crippen molar-refractivity contribution in [3.8, 4) is 11.5 Å². The number of halogens is 2. The topological polar surface area (TPSA) is 112 Å². The number of ether oxygens (including phenoxy) is 2. The first-order valence-electron chi connectivity index (χ1n) is 12.1. The zero-order valence-electron chi connectivity index (χ0n) is 19.6. The van der Waals surface area contributed by atoms with Gasteiger partial charge >= 0.3 is 6.08 Å². The van der Waals surface area contributed by atoms with Gasteiger partial charge in [0, 0.05) is 35.7 Å². The second-order valence-corrected chi connectivity index (χ2v) is 10.3. The van der Waals surface area contributed by atoms with Gasteiger partial charge in [0.1, 0.15) is 5.82 Å². The molecule has 0 atom stereocenters. The fourth-order valence-electron chi connectivity index (χ4n) is 5.16. The number of benzene rings is 1. The monoisotopic (exact) mass is 596 g/mol. The molecule has 1 aliphatic carbocycles. The fourth-order valence-corrected chi connectivity index (χ4v) is 5.79. The minimum atomic E-state index is -0.857. The first kappa shape index (κ1) is 24.4. The van der Waals surface area contributed by atoms with Gasteiger partial charge < -0.3 is 24.9 Å². The number of imidazole rings is 1. The molecule has 3 N–H and O–H groups in total. The number of rotatable bonds is 9. The largest absolute Gasteiger partial charge is 0.454 e. The van der Waals surface area contributed by atoms with E-state index >= 15 is 0 Å². The van der Waals surface area contributed by atoms with Gasteiger partial charge in [-0.1, -0.05) is 19.3 Å². The third-order valence-corrected chi connectivity index (χ3v) is 7.87. The molecule has 0 unspecified atom stereocenters. The number of hydrogen-bond donors (Lipinski definition) is 2. The Labute approximate surface area is 217 Å². The molecule has 188 valence electrons. The summed E-state index contributed by atoms with van der Waals surface area (Å²) < 4.78 is 28.1. The predicted octanol–water partition coefficient (Wildman–Crippen LogP) is 3.49. The Balaban J connectivity index is 1.41. The number of fused-ring (bicyclic) bond motifs is 2. The molecule has 1 fully saturated rings. The summed E-state index contributed by atoms with van der Waals surface area (Å²) in [7, 11) is 0. The van der Waals surface area contributed by atoms with Gasteiger partial charge in [0.25, 0.3) is 0 Å². The van der Waals surface area contributed by atoms with Crippen LogP contribution in [0.1, 0.15) is 49.9 Å². The molecule has 0 bridgehead atoms. The molecule has 1 saturated carbocycles. The zero-order chi connectivity index (χ0) is 24.4. The Hall–Kier alpha value is -2.25. The van der Waals surface area contributed by atoms with Crippen molar-refractivity contribution in [2.24, 2.45) is 0 Å². The van der Waals surface area contributed by atoms with E-state index in [4.69, 9.17) is 20.2 Å². The lowest BCUT2D eigenvalue weighted by molar-refractivity contribution is 0.121. The summed E-state index contributed by atoms with van der Waals surface area (Å²) in [5.74, 6) is 2.22. The molecule has 1 aliphatic heterocycles. The molecule has 2 aliphatic rings. The minimum absolute atomic E-state index is 0.0389. The molecule has 1 aromatic carbocycles. The van der Waals surface area contributed by atoms with E-state index in [0.717, 1.165) is 33.7 Å². The Morgan fingerprint density at radius 3 is 2.66 bits per heavy atom. The average Bonchev–Trinajstić information content (AvgIpc) is 3.43. The van der Waals surface area contributed by atoms with Gasteiger partial charge in [0.15, 0.2) is 28.5 Å². The van der Waals surface area contributed by atoms with Gasteiger partial charge in [-0.05, 0) is 59.5 Å². The summed E-state index contributed by atoms with van der Waals surface area (Å²) in [4.78, 5) is 14.8. The van der Waals surface area contributed by atoms with Crippen molar-refractivity contribution in [2.45, 2.75) is 57.5 Å². The first-order chi connectivity index (χ1) is 17.0. The van der Waals surface area contributed by atoms with Crippen molar-refractivity contribution in [3.05, 3.63) is 33.2 Å². The first-order valence-corrected chi connectivity index (χ1v) is 13.2. The highest BCUT2D eigenvalue weighted by Gasteiger charge is 2.23. The van der Waals surface area contributed by atoms with Crippen LogP contribution in [0.3, 0.4) is 0 Å². The van der Waals surface area contributed by atoms with Crippen LogP contribution >= 0.6 is 22.6 Å². The smallest absolute Gasteiger partial charge is 0.312 e. The van der Waals surface area contributed by atoms with Crippen LogP contribution in [0.25, 0.3) is 11.2 Å². The van der Waals surface area contributed by atoms with Gasteiger partial charge in [-0.3, -0.25) is 4.90 Å². The van der Waals surface area contributed by atoms with Crippen molar-refractivity contribution in [3.63, 3.8) is 0 Å². The van der Waals surface area contributed by atoms with E-state index in [9.17, 15) is 9.50 Å². The Kier molecular flexibility index (Phi) is 7.54. The molecule has 35 heavy (non-hydrogen) atoms. The van der Waals surface area contributed by atoms with Gasteiger partial charge in [0.2, 0.25) is 6.79 Å². The van der Waals surface area contributed by atoms with Gasteiger partial charge in [-0.25, -0.2) is 4.98 Å². The third kappa shape index (κ3) is 5.31. The lowest BCUT2D eigenvalue weighted by Gasteiger charge is -2.34. The number of aromatic nitrogens is 4. The molecule has 3 aromatic rings. The van der Waals surface area contributed by atoms with Gasteiger partial charge in [-0.15, -0.1) is 0 Å². The van der Waals surface area contributed by atoms with Crippen molar-refractivity contribution < 1.29 is 19.0 Å². The SMILES string of the molecule is Nc1nc(F)nc2c1nc(Cc1cc3c(cc1I)OCO3)n2CCCN(CCO)C1CCCCC1. The summed E-state index contributed by atoms with van der Waals surface area (Å²) in [6.45, 7) is 2.48. The molecule has 3 heterocycles. The summed E-state index contributed by atoms with van der Waals surface area (Å²) >= 11 is 2.28. The summed E-state index contributed by atoms with van der Waals surface area (Å²) in [6.07, 6.45) is 6.60. The van der Waals surface area contributed by atoms with Crippen molar-refractivity contribution in [1.29, 1.82) is 0 Å². The van der Waals surface area contributed by atoms with Crippen LogP contribution in [0, 0.1) is 9.65 Å². The molecule has 11 heteroatoms. The van der Waals surface area contributed by atoms with Crippen LogP contribution in [-0.2, 0) is 13.0 Å². The Morgan fingerprint density at radius 1 is 1.11 bits per heavy atom. The van der Waals surface area contributed by atoms with Gasteiger partial charge in [0.05, 0.1) is 6.61 Å². The highest BCUT2D eigenvalue weighted by Crippen LogP contribution is 2.36. The van der Waals surface area contributed by atoms with E-state index in [1.807, 2.05) is 16.7 Å². The molecular formula is C24H30FIN6O3. The molecule has 2 aromatic heterocycles. The zero-order valence-corrected chi connectivity index (χ0v) is 21.7. The van der Waals surface area contributed by atoms with Crippen LogP contribution in [0.2, 0.25) is 0 Å². The van der Waals surface area contributed by atoms with Crippen molar-refractivity contribution >= 4 is 39.6 Å². The number of anilines is 1. The molecule has 9 nitrogen and oxygen atoms in total. The van der Waals surface area contributed by atoms with Crippen LogP contribution in [0.4, 0.5) is 10.2 Å². The number of hydrogen-bond acceptors (Lipinski definition) is 8. The van der Waals surface area contributed by atoms with E-state index in [1.54, 1.807) is 0 Å². The maximum Gasteiger partial charge on any atom is 0.312 e. The van der Waals surface area contributed by atoms with E-state index in [1.165, 1.54) is 32.1 Å². The molecule has 0 amide bonds. The summed E-state index contributed by atoms with van der Waals surface area (Å²) in [6, 6.07) is 4.44. The normalized spacial score (nSPS) is 16.0. The Morgan fingerprint density at radius 2 is 1.89 bits per heavy atom. The molecule has 0 spiro atoms. The summed E-state index contributed by atoms with van der Waals surface area (Å²) in [5.41, 5.74) is 7.86. The lowest BCUT2D eigenvalue weighted by Crippen LogP contribution is -2.39.